The van der Waals surface area contributed by atoms with Crippen molar-refractivity contribution in [1.82, 2.24) is 14.5 Å². The van der Waals surface area contributed by atoms with Crippen molar-refractivity contribution >= 4 is 23.2 Å². The average Bonchev–Trinajstić information content (AvgIpc) is 2.62. The number of amides is 1. The van der Waals surface area contributed by atoms with Crippen LogP contribution in [0.4, 0.5) is 5.69 Å². The molecule has 0 aliphatic carbocycles. The van der Waals surface area contributed by atoms with E-state index in [0.29, 0.717) is 16.4 Å². The normalized spacial score (nSPS) is 10.5. The molecular weight excluding hydrogens is 356 g/mol. The van der Waals surface area contributed by atoms with Crippen LogP contribution in [0, 0.1) is 6.92 Å². The minimum absolute atomic E-state index is 0.0354. The van der Waals surface area contributed by atoms with Crippen LogP contribution in [0.1, 0.15) is 21.6 Å². The van der Waals surface area contributed by atoms with Crippen molar-refractivity contribution in [3.8, 4) is 0 Å². The second-order valence-corrected chi connectivity index (χ2v) is 6.07. The van der Waals surface area contributed by atoms with E-state index in [1.807, 2.05) is 0 Å². The maximum absolute atomic E-state index is 12.6. The molecule has 0 atom stereocenters. The number of rotatable bonds is 4. The van der Waals surface area contributed by atoms with Crippen molar-refractivity contribution in [3.05, 3.63) is 91.5 Å². The van der Waals surface area contributed by atoms with Gasteiger partial charge in [-0.15, -0.1) is 0 Å². The molecule has 0 spiro atoms. The van der Waals surface area contributed by atoms with E-state index in [-0.39, 0.29) is 12.1 Å². The highest BCUT2D eigenvalue weighted by Crippen LogP contribution is 2.20. The highest BCUT2D eigenvalue weighted by Gasteiger charge is 2.16. The SMILES string of the molecule is Cc1ccc(Cl)cc1NC(=O)c1c[nH]c(=O)n(Cc2ccccn2)c1=O. The van der Waals surface area contributed by atoms with E-state index in [0.717, 1.165) is 16.3 Å². The van der Waals surface area contributed by atoms with Crippen LogP contribution in [0.5, 0.6) is 0 Å². The number of carbonyl (C=O) groups is 1. The van der Waals surface area contributed by atoms with E-state index in [4.69, 9.17) is 11.6 Å². The number of hydrogen-bond acceptors (Lipinski definition) is 4. The minimum atomic E-state index is -0.698. The van der Waals surface area contributed by atoms with Gasteiger partial charge in [0.15, 0.2) is 0 Å². The van der Waals surface area contributed by atoms with Crippen molar-refractivity contribution in [2.75, 3.05) is 5.32 Å². The predicted molar refractivity (Wildman–Crippen MR) is 98.8 cm³/mol. The molecule has 0 radical (unpaired) electrons. The number of nitrogens with one attached hydrogen (secondary N) is 2. The second kappa shape index (κ2) is 7.37. The lowest BCUT2D eigenvalue weighted by molar-refractivity contribution is 0.102. The fourth-order valence-electron chi connectivity index (χ4n) is 2.39. The van der Waals surface area contributed by atoms with Crippen molar-refractivity contribution < 1.29 is 4.79 Å². The molecule has 0 aliphatic rings. The van der Waals surface area contributed by atoms with Crippen LogP contribution >= 0.6 is 11.6 Å². The van der Waals surface area contributed by atoms with Crippen molar-refractivity contribution in [3.63, 3.8) is 0 Å². The Kier molecular flexibility index (Phi) is 4.99. The number of hydrogen-bond donors (Lipinski definition) is 2. The summed E-state index contributed by atoms with van der Waals surface area (Å²) in [6, 6.07) is 10.2. The number of benzene rings is 1. The summed E-state index contributed by atoms with van der Waals surface area (Å²) in [6.07, 6.45) is 2.67. The zero-order valence-electron chi connectivity index (χ0n) is 13.8. The Morgan fingerprint density at radius 1 is 1.27 bits per heavy atom. The molecule has 26 heavy (non-hydrogen) atoms. The number of carbonyl (C=O) groups excluding carboxylic acids is 1. The average molecular weight is 371 g/mol. The van der Waals surface area contributed by atoms with Gasteiger partial charge < -0.3 is 10.3 Å². The summed E-state index contributed by atoms with van der Waals surface area (Å²) >= 11 is 5.94. The highest BCUT2D eigenvalue weighted by molar-refractivity contribution is 6.31. The van der Waals surface area contributed by atoms with Crippen LogP contribution in [-0.4, -0.2) is 20.4 Å². The largest absolute Gasteiger partial charge is 0.328 e. The molecule has 0 unspecified atom stereocenters. The fraction of sp³-hybridized carbons (Fsp3) is 0.111. The van der Waals surface area contributed by atoms with Crippen molar-refractivity contribution in [2.45, 2.75) is 13.5 Å². The van der Waals surface area contributed by atoms with Gasteiger partial charge in [-0.3, -0.25) is 19.1 Å². The number of H-pyrrole nitrogens is 1. The lowest BCUT2D eigenvalue weighted by Gasteiger charge is -2.10. The Morgan fingerprint density at radius 3 is 2.81 bits per heavy atom. The number of pyridine rings is 1. The van der Waals surface area contributed by atoms with Gasteiger partial charge in [-0.25, -0.2) is 4.79 Å². The molecule has 0 saturated heterocycles. The van der Waals surface area contributed by atoms with Gasteiger partial charge in [0.05, 0.1) is 12.2 Å². The number of halogens is 1. The van der Waals surface area contributed by atoms with E-state index in [1.165, 1.54) is 0 Å². The Labute approximate surface area is 153 Å². The third-order valence-electron chi connectivity index (χ3n) is 3.80. The quantitative estimate of drug-likeness (QED) is 0.735. The summed E-state index contributed by atoms with van der Waals surface area (Å²) in [5, 5.41) is 3.10. The molecule has 0 fully saturated rings. The molecule has 1 aromatic carbocycles. The van der Waals surface area contributed by atoms with Gasteiger partial charge in [-0.2, -0.15) is 0 Å². The first-order valence-corrected chi connectivity index (χ1v) is 8.13. The topological polar surface area (TPSA) is 96.8 Å². The molecule has 0 aliphatic heterocycles. The first-order chi connectivity index (χ1) is 12.5. The summed E-state index contributed by atoms with van der Waals surface area (Å²) in [6.45, 7) is 1.77. The Bertz CT molecular complexity index is 1070. The number of aryl methyl sites for hydroxylation is 1. The first kappa shape index (κ1) is 17.6. The van der Waals surface area contributed by atoms with E-state index >= 15 is 0 Å². The molecule has 0 bridgehead atoms. The maximum atomic E-state index is 12.6. The summed E-state index contributed by atoms with van der Waals surface area (Å²) in [5.41, 5.74) is 0.321. The molecule has 2 aromatic heterocycles. The Hall–Kier alpha value is -3.19. The molecule has 7 nitrogen and oxygen atoms in total. The molecular formula is C18H15ClN4O3. The molecule has 3 rings (SSSR count). The monoisotopic (exact) mass is 370 g/mol. The molecule has 2 N–H and O–H groups in total. The predicted octanol–water partition coefficient (Wildman–Crippen LogP) is 2.19. The lowest BCUT2D eigenvalue weighted by Crippen LogP contribution is -2.39. The van der Waals surface area contributed by atoms with Crippen LogP contribution in [0.2, 0.25) is 5.02 Å². The zero-order chi connectivity index (χ0) is 18.7. The maximum Gasteiger partial charge on any atom is 0.328 e. The van der Waals surface area contributed by atoms with Crippen LogP contribution in [0.3, 0.4) is 0 Å². The first-order valence-electron chi connectivity index (χ1n) is 7.75. The molecule has 8 heteroatoms. The number of anilines is 1. The molecule has 132 valence electrons. The lowest BCUT2D eigenvalue weighted by atomic mass is 10.2. The summed E-state index contributed by atoms with van der Waals surface area (Å²) in [7, 11) is 0. The minimum Gasteiger partial charge on any atom is -0.321 e. The Balaban J connectivity index is 1.94. The smallest absolute Gasteiger partial charge is 0.321 e. The van der Waals surface area contributed by atoms with Gasteiger partial charge >= 0.3 is 5.69 Å². The molecule has 0 saturated carbocycles. The third kappa shape index (κ3) is 3.73. The second-order valence-electron chi connectivity index (χ2n) is 5.63. The summed E-state index contributed by atoms with van der Waals surface area (Å²) in [5.74, 6) is -0.633. The van der Waals surface area contributed by atoms with E-state index in [2.05, 4.69) is 15.3 Å². The third-order valence-corrected chi connectivity index (χ3v) is 4.03. The van der Waals surface area contributed by atoms with Gasteiger partial charge in [0, 0.05) is 23.1 Å². The fourth-order valence-corrected chi connectivity index (χ4v) is 2.56. The standard InChI is InChI=1S/C18H15ClN4O3/c1-11-5-6-12(19)8-15(11)22-16(24)14-9-21-18(26)23(17(14)25)10-13-4-2-3-7-20-13/h2-9H,10H2,1H3,(H,21,26)(H,22,24). The van der Waals surface area contributed by atoms with Crippen molar-refractivity contribution in [2.24, 2.45) is 0 Å². The van der Waals surface area contributed by atoms with Crippen LogP contribution in [-0.2, 0) is 6.54 Å². The van der Waals surface area contributed by atoms with Gasteiger partial charge in [-0.1, -0.05) is 23.7 Å². The number of nitrogens with zero attached hydrogens (tertiary/aromatic N) is 2. The van der Waals surface area contributed by atoms with Gasteiger partial charge in [0.2, 0.25) is 0 Å². The van der Waals surface area contributed by atoms with Crippen LogP contribution in [0.15, 0.2) is 58.4 Å². The summed E-state index contributed by atoms with van der Waals surface area (Å²) in [4.78, 5) is 43.6. The van der Waals surface area contributed by atoms with Crippen LogP contribution < -0.4 is 16.6 Å². The van der Waals surface area contributed by atoms with Gasteiger partial charge in [0.1, 0.15) is 5.56 Å². The van der Waals surface area contributed by atoms with E-state index in [9.17, 15) is 14.4 Å². The highest BCUT2D eigenvalue weighted by atomic mass is 35.5. The zero-order valence-corrected chi connectivity index (χ0v) is 14.6. The number of aromatic nitrogens is 3. The van der Waals surface area contributed by atoms with Gasteiger partial charge in [0.25, 0.3) is 11.5 Å². The Morgan fingerprint density at radius 2 is 2.08 bits per heavy atom. The van der Waals surface area contributed by atoms with E-state index < -0.39 is 17.2 Å². The summed E-state index contributed by atoms with van der Waals surface area (Å²) < 4.78 is 0.933. The molecule has 3 aromatic rings. The van der Waals surface area contributed by atoms with Crippen LogP contribution in [0.25, 0.3) is 0 Å². The van der Waals surface area contributed by atoms with Gasteiger partial charge in [-0.05, 0) is 36.8 Å². The van der Waals surface area contributed by atoms with Crippen molar-refractivity contribution in [1.29, 1.82) is 0 Å². The molecule has 2 heterocycles. The number of aromatic amines is 1. The van der Waals surface area contributed by atoms with E-state index in [1.54, 1.807) is 49.5 Å². The molecule has 1 amide bonds.